The van der Waals surface area contributed by atoms with E-state index >= 15 is 0 Å². The lowest BCUT2D eigenvalue weighted by Gasteiger charge is -2.11. The molecule has 0 aliphatic heterocycles. The summed E-state index contributed by atoms with van der Waals surface area (Å²) >= 11 is 1.66. The van der Waals surface area contributed by atoms with Crippen LogP contribution in [0.5, 0.6) is 5.75 Å². The normalized spacial score (nSPS) is 11.0. The van der Waals surface area contributed by atoms with E-state index in [1.165, 1.54) is 5.56 Å². The van der Waals surface area contributed by atoms with E-state index in [-0.39, 0.29) is 0 Å². The van der Waals surface area contributed by atoms with E-state index in [0.717, 1.165) is 45.7 Å². The molecule has 9 heteroatoms. The molecule has 0 amide bonds. The molecule has 5 rings (SSSR count). The molecule has 176 valence electrons. The Kier molecular flexibility index (Phi) is 6.85. The summed E-state index contributed by atoms with van der Waals surface area (Å²) in [4.78, 5) is 8.52. The summed E-state index contributed by atoms with van der Waals surface area (Å²) < 4.78 is 12.8. The molecular formula is C26H24N6O2S. The van der Waals surface area contributed by atoms with Crippen molar-refractivity contribution in [2.24, 2.45) is 0 Å². The van der Waals surface area contributed by atoms with E-state index in [2.05, 4.69) is 61.1 Å². The van der Waals surface area contributed by atoms with Gasteiger partial charge in [0.05, 0.1) is 7.11 Å². The summed E-state index contributed by atoms with van der Waals surface area (Å²) in [5.41, 5.74) is 4.09. The number of hydrogen-bond donors (Lipinski definition) is 0. The number of aryl methyl sites for hydroxylation is 2. The van der Waals surface area contributed by atoms with Crippen LogP contribution >= 0.6 is 11.8 Å². The van der Waals surface area contributed by atoms with Gasteiger partial charge in [-0.3, -0.25) is 9.55 Å². The van der Waals surface area contributed by atoms with Crippen LogP contribution in [0.2, 0.25) is 0 Å². The maximum absolute atomic E-state index is 5.42. The average molecular weight is 485 g/mol. The van der Waals surface area contributed by atoms with Crippen molar-refractivity contribution >= 4 is 11.8 Å². The largest absolute Gasteiger partial charge is 0.497 e. The first-order chi connectivity index (χ1) is 17.2. The van der Waals surface area contributed by atoms with Crippen LogP contribution in [0.1, 0.15) is 17.9 Å². The fourth-order valence-electron chi connectivity index (χ4n) is 3.58. The summed E-state index contributed by atoms with van der Waals surface area (Å²) in [6.07, 6.45) is 4.98. The Morgan fingerprint density at radius 2 is 1.69 bits per heavy atom. The fraction of sp³-hybridized carbons (Fsp3) is 0.192. The number of methoxy groups -OCH3 is 1. The molecule has 3 heterocycles. The number of nitrogens with zero attached hydrogens (tertiary/aromatic N) is 6. The molecule has 0 bridgehead atoms. The standard InChI is InChI=1S/C26H24N6O2S/c1-18-5-9-21(10-6-18)32-25(20-7-11-22(33-2)12-8-20)29-30-26(32)35-17-3-4-23-28-24(31-34-23)19-13-15-27-16-14-19/h5-16H,3-4,17H2,1-2H3. The minimum Gasteiger partial charge on any atom is -0.497 e. The van der Waals surface area contributed by atoms with Gasteiger partial charge in [-0.25, -0.2) is 0 Å². The average Bonchev–Trinajstić information content (AvgIpc) is 3.55. The Hall–Kier alpha value is -3.98. The Morgan fingerprint density at radius 1 is 0.914 bits per heavy atom. The summed E-state index contributed by atoms with van der Waals surface area (Å²) in [6.45, 7) is 2.08. The highest BCUT2D eigenvalue weighted by atomic mass is 32.2. The van der Waals surface area contributed by atoms with Gasteiger partial charge in [-0.05, 0) is 61.9 Å². The minimum absolute atomic E-state index is 0.582. The third kappa shape index (κ3) is 5.25. The number of aromatic nitrogens is 6. The summed E-state index contributed by atoms with van der Waals surface area (Å²) in [7, 11) is 1.66. The van der Waals surface area contributed by atoms with Crippen LogP contribution in [0.3, 0.4) is 0 Å². The lowest BCUT2D eigenvalue weighted by atomic mass is 10.2. The van der Waals surface area contributed by atoms with Crippen LogP contribution in [-0.2, 0) is 6.42 Å². The minimum atomic E-state index is 0.582. The van der Waals surface area contributed by atoms with Gasteiger partial charge in [0.15, 0.2) is 11.0 Å². The number of thioether (sulfide) groups is 1. The zero-order valence-electron chi connectivity index (χ0n) is 19.5. The van der Waals surface area contributed by atoms with Gasteiger partial charge in [-0.15, -0.1) is 10.2 Å². The van der Waals surface area contributed by atoms with Crippen molar-refractivity contribution < 1.29 is 9.26 Å². The van der Waals surface area contributed by atoms with Crippen LogP contribution in [0.4, 0.5) is 0 Å². The summed E-state index contributed by atoms with van der Waals surface area (Å²) in [6, 6.07) is 20.0. The molecule has 0 aliphatic rings. The Labute approximate surface area is 207 Å². The van der Waals surface area contributed by atoms with Crippen LogP contribution in [-0.4, -0.2) is 42.8 Å². The summed E-state index contributed by atoms with van der Waals surface area (Å²) in [5, 5.41) is 13.9. The van der Waals surface area contributed by atoms with Crippen molar-refractivity contribution in [2.75, 3.05) is 12.9 Å². The Balaban J connectivity index is 1.31. The van der Waals surface area contributed by atoms with Gasteiger partial charge >= 0.3 is 0 Å². The quantitative estimate of drug-likeness (QED) is 0.202. The third-order valence-electron chi connectivity index (χ3n) is 5.45. The van der Waals surface area contributed by atoms with Crippen molar-refractivity contribution in [2.45, 2.75) is 24.9 Å². The molecule has 0 unspecified atom stereocenters. The van der Waals surface area contributed by atoms with Gasteiger partial charge < -0.3 is 9.26 Å². The van der Waals surface area contributed by atoms with Crippen molar-refractivity contribution in [3.63, 3.8) is 0 Å². The Morgan fingerprint density at radius 3 is 2.43 bits per heavy atom. The predicted octanol–water partition coefficient (Wildman–Crippen LogP) is 5.42. The number of hydrogen-bond acceptors (Lipinski definition) is 8. The van der Waals surface area contributed by atoms with Crippen LogP contribution < -0.4 is 4.74 Å². The summed E-state index contributed by atoms with van der Waals surface area (Å²) in [5.74, 6) is 3.63. The van der Waals surface area contributed by atoms with Crippen LogP contribution in [0, 0.1) is 6.92 Å². The topological polar surface area (TPSA) is 91.8 Å². The van der Waals surface area contributed by atoms with Crippen molar-refractivity contribution in [3.05, 3.63) is 84.5 Å². The van der Waals surface area contributed by atoms with Gasteiger partial charge in [0.1, 0.15) is 5.75 Å². The number of ether oxygens (including phenoxy) is 1. The molecule has 2 aromatic carbocycles. The fourth-order valence-corrected chi connectivity index (χ4v) is 4.47. The molecule has 0 aliphatic carbocycles. The van der Waals surface area contributed by atoms with Gasteiger partial charge in [-0.1, -0.05) is 34.6 Å². The zero-order valence-corrected chi connectivity index (χ0v) is 20.3. The van der Waals surface area contributed by atoms with E-state index in [0.29, 0.717) is 18.1 Å². The van der Waals surface area contributed by atoms with E-state index in [9.17, 15) is 0 Å². The second kappa shape index (κ2) is 10.5. The second-order valence-electron chi connectivity index (χ2n) is 7.91. The van der Waals surface area contributed by atoms with E-state index in [4.69, 9.17) is 9.26 Å². The van der Waals surface area contributed by atoms with Gasteiger partial charge in [0.2, 0.25) is 11.7 Å². The number of pyridine rings is 1. The molecule has 0 N–H and O–H groups in total. The van der Waals surface area contributed by atoms with Crippen LogP contribution in [0.25, 0.3) is 28.5 Å². The molecule has 0 radical (unpaired) electrons. The number of benzene rings is 2. The van der Waals surface area contributed by atoms with Crippen molar-refractivity contribution in [1.82, 2.24) is 29.9 Å². The molecule has 5 aromatic rings. The van der Waals surface area contributed by atoms with E-state index in [1.807, 2.05) is 36.4 Å². The molecule has 0 atom stereocenters. The molecular weight excluding hydrogens is 460 g/mol. The highest BCUT2D eigenvalue weighted by molar-refractivity contribution is 7.99. The SMILES string of the molecule is COc1ccc(-c2nnc(SCCCc3nc(-c4ccncc4)no3)n2-c2ccc(C)cc2)cc1. The van der Waals surface area contributed by atoms with E-state index in [1.54, 1.807) is 31.3 Å². The molecule has 0 spiro atoms. The van der Waals surface area contributed by atoms with Gasteiger partial charge in [-0.2, -0.15) is 4.98 Å². The van der Waals surface area contributed by atoms with Crippen LogP contribution in [0.15, 0.2) is 82.7 Å². The molecule has 0 fully saturated rings. The third-order valence-corrected chi connectivity index (χ3v) is 6.46. The number of rotatable bonds is 9. The van der Waals surface area contributed by atoms with Gasteiger partial charge in [0.25, 0.3) is 0 Å². The first-order valence-electron chi connectivity index (χ1n) is 11.2. The lowest BCUT2D eigenvalue weighted by molar-refractivity contribution is 0.378. The maximum atomic E-state index is 5.42. The first kappa shape index (κ1) is 22.8. The molecule has 0 saturated carbocycles. The first-order valence-corrected chi connectivity index (χ1v) is 12.2. The zero-order chi connectivity index (χ0) is 24.0. The van der Waals surface area contributed by atoms with Gasteiger partial charge in [0, 0.05) is 41.4 Å². The highest BCUT2D eigenvalue weighted by Crippen LogP contribution is 2.29. The molecule has 35 heavy (non-hydrogen) atoms. The highest BCUT2D eigenvalue weighted by Gasteiger charge is 2.17. The molecule has 0 saturated heterocycles. The lowest BCUT2D eigenvalue weighted by Crippen LogP contribution is -2.00. The smallest absolute Gasteiger partial charge is 0.226 e. The van der Waals surface area contributed by atoms with Crippen molar-refractivity contribution in [1.29, 1.82) is 0 Å². The molecule has 8 nitrogen and oxygen atoms in total. The predicted molar refractivity (Wildman–Crippen MR) is 135 cm³/mol. The van der Waals surface area contributed by atoms with E-state index < -0.39 is 0 Å². The monoisotopic (exact) mass is 484 g/mol. The molecule has 3 aromatic heterocycles. The maximum Gasteiger partial charge on any atom is 0.226 e. The Bertz CT molecular complexity index is 1380. The van der Waals surface area contributed by atoms with Crippen molar-refractivity contribution in [3.8, 4) is 34.2 Å². The second-order valence-corrected chi connectivity index (χ2v) is 8.97.